The minimum atomic E-state index is 0.0622. The number of rotatable bonds is 4. The summed E-state index contributed by atoms with van der Waals surface area (Å²) in [6.45, 7) is 3.88. The van der Waals surface area contributed by atoms with Gasteiger partial charge >= 0.3 is 0 Å². The topological polar surface area (TPSA) is 65.1 Å². The van der Waals surface area contributed by atoms with Crippen molar-refractivity contribution in [3.05, 3.63) is 41.5 Å². The molecule has 0 spiro atoms. The van der Waals surface area contributed by atoms with E-state index in [2.05, 4.69) is 15.1 Å². The minimum absolute atomic E-state index is 0.0622. The lowest BCUT2D eigenvalue weighted by Gasteiger charge is -2.00. The first-order valence-electron chi connectivity index (χ1n) is 6.53. The third-order valence-electron chi connectivity index (χ3n) is 3.16. The van der Waals surface area contributed by atoms with Crippen LogP contribution in [-0.4, -0.2) is 35.7 Å². The standard InChI is InChI=1S/C14H15N5OS/c1-9-7-10(2)19-13(15-9)16-14(17-19)21-8-12(20)11-5-4-6-18(11)3/h4-7H,8H2,1-3H3. The fraction of sp³-hybridized carbons (Fsp3) is 0.286. The molecule has 0 radical (unpaired) electrons. The van der Waals surface area contributed by atoms with Gasteiger partial charge in [0.1, 0.15) is 0 Å². The second kappa shape index (κ2) is 5.33. The van der Waals surface area contributed by atoms with Gasteiger partial charge in [0, 0.05) is 24.6 Å². The molecule has 0 saturated heterocycles. The third kappa shape index (κ3) is 2.69. The van der Waals surface area contributed by atoms with Gasteiger partial charge in [-0.25, -0.2) is 9.50 Å². The molecule has 0 aliphatic heterocycles. The molecule has 21 heavy (non-hydrogen) atoms. The van der Waals surface area contributed by atoms with E-state index in [-0.39, 0.29) is 5.78 Å². The van der Waals surface area contributed by atoms with Crippen LogP contribution in [0.1, 0.15) is 21.9 Å². The molecule has 0 aliphatic rings. The maximum absolute atomic E-state index is 12.1. The van der Waals surface area contributed by atoms with Crippen LogP contribution in [0.4, 0.5) is 0 Å². The number of carbonyl (C=O) groups excluding carboxylic acids is 1. The van der Waals surface area contributed by atoms with Crippen LogP contribution in [0.15, 0.2) is 29.6 Å². The smallest absolute Gasteiger partial charge is 0.253 e. The maximum atomic E-state index is 12.1. The number of Topliss-reactive ketones (excluding diaryl/α,β-unsaturated/α-hetero) is 1. The number of fused-ring (bicyclic) bond motifs is 1. The molecule has 0 fully saturated rings. The van der Waals surface area contributed by atoms with Gasteiger partial charge in [0.05, 0.1) is 11.4 Å². The minimum Gasteiger partial charge on any atom is -0.348 e. The first kappa shape index (κ1) is 13.8. The van der Waals surface area contributed by atoms with Gasteiger partial charge in [-0.05, 0) is 32.0 Å². The SMILES string of the molecule is Cc1cc(C)n2nc(SCC(=O)c3cccn3C)nc2n1. The van der Waals surface area contributed by atoms with Crippen LogP contribution in [0.5, 0.6) is 0 Å². The first-order valence-corrected chi connectivity index (χ1v) is 7.51. The molecule has 0 aliphatic carbocycles. The summed E-state index contributed by atoms with van der Waals surface area (Å²) < 4.78 is 3.51. The Labute approximate surface area is 126 Å². The lowest BCUT2D eigenvalue weighted by molar-refractivity contribution is 0.101. The van der Waals surface area contributed by atoms with Gasteiger partial charge in [-0.2, -0.15) is 4.98 Å². The van der Waals surface area contributed by atoms with Crippen molar-refractivity contribution in [1.82, 2.24) is 24.1 Å². The number of ketones is 1. The highest BCUT2D eigenvalue weighted by molar-refractivity contribution is 7.99. The van der Waals surface area contributed by atoms with Gasteiger partial charge < -0.3 is 4.57 Å². The Morgan fingerprint density at radius 1 is 1.33 bits per heavy atom. The molecule has 0 N–H and O–H groups in total. The Hall–Kier alpha value is -2.15. The summed E-state index contributed by atoms with van der Waals surface area (Å²) in [7, 11) is 1.86. The van der Waals surface area contributed by atoms with E-state index in [4.69, 9.17) is 0 Å². The van der Waals surface area contributed by atoms with Crippen molar-refractivity contribution in [2.75, 3.05) is 5.75 Å². The number of aryl methyl sites for hydroxylation is 3. The van der Waals surface area contributed by atoms with Crippen LogP contribution < -0.4 is 0 Å². The monoisotopic (exact) mass is 301 g/mol. The molecular formula is C14H15N5OS. The van der Waals surface area contributed by atoms with Crippen molar-refractivity contribution in [2.24, 2.45) is 7.05 Å². The Kier molecular flexibility index (Phi) is 3.50. The molecule has 6 nitrogen and oxygen atoms in total. The first-order chi connectivity index (χ1) is 10.0. The van der Waals surface area contributed by atoms with E-state index < -0.39 is 0 Å². The average molecular weight is 301 g/mol. The molecule has 0 bridgehead atoms. The van der Waals surface area contributed by atoms with E-state index >= 15 is 0 Å². The van der Waals surface area contributed by atoms with Crippen molar-refractivity contribution < 1.29 is 4.79 Å². The zero-order valence-electron chi connectivity index (χ0n) is 12.1. The third-order valence-corrected chi connectivity index (χ3v) is 4.00. The Balaban J connectivity index is 1.78. The Bertz CT molecular complexity index is 820. The van der Waals surface area contributed by atoms with Crippen LogP contribution in [-0.2, 0) is 7.05 Å². The molecular weight excluding hydrogens is 286 g/mol. The number of hydrogen-bond acceptors (Lipinski definition) is 5. The van der Waals surface area contributed by atoms with Crippen LogP contribution in [0, 0.1) is 13.8 Å². The van der Waals surface area contributed by atoms with Gasteiger partial charge in [-0.1, -0.05) is 11.8 Å². The average Bonchev–Trinajstić information content (AvgIpc) is 3.02. The van der Waals surface area contributed by atoms with Crippen molar-refractivity contribution in [3.8, 4) is 0 Å². The van der Waals surface area contributed by atoms with Crippen LogP contribution in [0.3, 0.4) is 0 Å². The molecule has 3 aromatic rings. The summed E-state index contributed by atoms with van der Waals surface area (Å²) >= 11 is 1.33. The summed E-state index contributed by atoms with van der Waals surface area (Å²) in [6, 6.07) is 5.62. The molecule has 0 saturated carbocycles. The van der Waals surface area contributed by atoms with E-state index in [9.17, 15) is 4.79 Å². The largest absolute Gasteiger partial charge is 0.348 e. The second-order valence-electron chi connectivity index (χ2n) is 4.86. The fourth-order valence-corrected chi connectivity index (χ4v) is 2.86. The zero-order valence-corrected chi connectivity index (χ0v) is 12.9. The summed E-state index contributed by atoms with van der Waals surface area (Å²) in [5, 5.41) is 4.94. The van der Waals surface area contributed by atoms with Crippen LogP contribution in [0.2, 0.25) is 0 Å². The van der Waals surface area contributed by atoms with Gasteiger partial charge in [0.2, 0.25) is 5.16 Å². The number of hydrogen-bond donors (Lipinski definition) is 0. The van der Waals surface area contributed by atoms with Crippen molar-refractivity contribution in [3.63, 3.8) is 0 Å². The van der Waals surface area contributed by atoms with E-state index in [0.717, 1.165) is 11.4 Å². The molecule has 3 aromatic heterocycles. The predicted octanol–water partition coefficient (Wildman–Crippen LogP) is 2.05. The molecule has 0 atom stereocenters. The summed E-state index contributed by atoms with van der Waals surface area (Å²) in [6.07, 6.45) is 1.86. The molecule has 0 aromatic carbocycles. The fourth-order valence-electron chi connectivity index (χ4n) is 2.16. The van der Waals surface area contributed by atoms with Gasteiger partial charge in [0.25, 0.3) is 5.78 Å². The van der Waals surface area contributed by atoms with Crippen molar-refractivity contribution >= 4 is 23.3 Å². The van der Waals surface area contributed by atoms with E-state index in [1.807, 2.05) is 49.9 Å². The number of thioether (sulfide) groups is 1. The quantitative estimate of drug-likeness (QED) is 0.545. The van der Waals surface area contributed by atoms with Gasteiger partial charge in [0.15, 0.2) is 5.78 Å². The number of nitrogens with zero attached hydrogens (tertiary/aromatic N) is 5. The van der Waals surface area contributed by atoms with Crippen molar-refractivity contribution in [1.29, 1.82) is 0 Å². The number of carbonyl (C=O) groups is 1. The highest BCUT2D eigenvalue weighted by atomic mass is 32.2. The number of aromatic nitrogens is 5. The lowest BCUT2D eigenvalue weighted by Crippen LogP contribution is -2.07. The molecule has 108 valence electrons. The van der Waals surface area contributed by atoms with E-state index in [0.29, 0.717) is 22.4 Å². The van der Waals surface area contributed by atoms with Gasteiger partial charge in [-0.3, -0.25) is 4.79 Å². The lowest BCUT2D eigenvalue weighted by atomic mass is 10.3. The summed E-state index contributed by atoms with van der Waals surface area (Å²) in [5.74, 6) is 0.945. The summed E-state index contributed by atoms with van der Waals surface area (Å²) in [4.78, 5) is 20.8. The molecule has 0 amide bonds. The van der Waals surface area contributed by atoms with Gasteiger partial charge in [-0.15, -0.1) is 5.10 Å². The van der Waals surface area contributed by atoms with Crippen LogP contribution >= 0.6 is 11.8 Å². The van der Waals surface area contributed by atoms with E-state index in [1.54, 1.807) is 4.52 Å². The predicted molar refractivity (Wildman–Crippen MR) is 80.7 cm³/mol. The Morgan fingerprint density at radius 2 is 2.14 bits per heavy atom. The molecule has 3 rings (SSSR count). The maximum Gasteiger partial charge on any atom is 0.253 e. The molecule has 0 unspecified atom stereocenters. The van der Waals surface area contributed by atoms with Crippen LogP contribution in [0.25, 0.3) is 5.78 Å². The zero-order chi connectivity index (χ0) is 15.0. The van der Waals surface area contributed by atoms with Crippen molar-refractivity contribution in [2.45, 2.75) is 19.0 Å². The highest BCUT2D eigenvalue weighted by Crippen LogP contribution is 2.17. The normalized spacial score (nSPS) is 11.2. The molecule has 3 heterocycles. The van der Waals surface area contributed by atoms with E-state index in [1.165, 1.54) is 11.8 Å². The molecule has 7 heteroatoms. The summed E-state index contributed by atoms with van der Waals surface area (Å²) in [5.41, 5.74) is 2.57. The highest BCUT2D eigenvalue weighted by Gasteiger charge is 2.13. The second-order valence-corrected chi connectivity index (χ2v) is 5.80. The Morgan fingerprint density at radius 3 is 2.86 bits per heavy atom.